The Labute approximate surface area is 157 Å². The topological polar surface area (TPSA) is 82.0 Å². The average Bonchev–Trinajstić information content (AvgIpc) is 2.64. The number of hydrazone groups is 1. The molecule has 0 atom stereocenters. The van der Waals surface area contributed by atoms with Crippen LogP contribution in [0.2, 0.25) is 0 Å². The van der Waals surface area contributed by atoms with Crippen LogP contribution in [-0.4, -0.2) is 35.3 Å². The van der Waals surface area contributed by atoms with Crippen LogP contribution in [-0.2, 0) is 5.41 Å². The van der Waals surface area contributed by atoms with E-state index in [1.54, 1.807) is 12.1 Å². The minimum atomic E-state index is -0.816. The van der Waals surface area contributed by atoms with Crippen molar-refractivity contribution in [1.82, 2.24) is 10.5 Å². The number of nitrogens with zero attached hydrogens (tertiary/aromatic N) is 2. The maximum atomic E-state index is 14.1. The highest BCUT2D eigenvalue weighted by Gasteiger charge is 2.23. The minimum absolute atomic E-state index is 0.0318. The predicted molar refractivity (Wildman–Crippen MR) is 100 cm³/mol. The molecule has 2 amide bonds. The Hall–Kier alpha value is -3.06. The predicted octanol–water partition coefficient (Wildman–Crippen LogP) is 3.35. The van der Waals surface area contributed by atoms with Gasteiger partial charge in [0.15, 0.2) is 0 Å². The third-order valence-electron chi connectivity index (χ3n) is 3.99. The number of halogens is 1. The highest BCUT2D eigenvalue weighted by Crippen LogP contribution is 2.26. The zero-order chi connectivity index (χ0) is 20.2. The van der Waals surface area contributed by atoms with Gasteiger partial charge in [-0.05, 0) is 35.2 Å². The Bertz CT molecular complexity index is 888. The van der Waals surface area contributed by atoms with Crippen LogP contribution in [0.1, 0.15) is 52.6 Å². The zero-order valence-electron chi connectivity index (χ0n) is 15.7. The third kappa shape index (κ3) is 4.77. The second-order valence-electron chi connectivity index (χ2n) is 7.05. The smallest absolute Gasteiger partial charge is 0.274 e. The summed E-state index contributed by atoms with van der Waals surface area (Å²) in [6.45, 7) is 6.05. The van der Waals surface area contributed by atoms with Crippen LogP contribution in [0.3, 0.4) is 0 Å². The minimum Gasteiger partial charge on any atom is -0.288 e. The van der Waals surface area contributed by atoms with E-state index in [0.29, 0.717) is 5.56 Å². The van der Waals surface area contributed by atoms with Crippen molar-refractivity contribution in [2.24, 2.45) is 5.10 Å². The highest BCUT2D eigenvalue weighted by molar-refractivity contribution is 5.97. The van der Waals surface area contributed by atoms with Crippen molar-refractivity contribution < 1.29 is 19.2 Å². The summed E-state index contributed by atoms with van der Waals surface area (Å²) >= 11 is 0. The van der Waals surface area contributed by atoms with Crippen LogP contribution in [0, 0.1) is 5.82 Å². The summed E-state index contributed by atoms with van der Waals surface area (Å²) in [5.74, 6) is -1.83. The van der Waals surface area contributed by atoms with E-state index >= 15 is 0 Å². The molecular weight excluding hydrogens is 349 g/mol. The zero-order valence-corrected chi connectivity index (χ0v) is 15.7. The first kappa shape index (κ1) is 20.3. The molecule has 0 aromatic heterocycles. The Balaban J connectivity index is 2.24. The molecule has 0 saturated heterocycles. The van der Waals surface area contributed by atoms with Gasteiger partial charge in [0.05, 0.1) is 6.21 Å². The lowest BCUT2D eigenvalue weighted by atomic mass is 9.83. The van der Waals surface area contributed by atoms with Crippen LogP contribution in [0.15, 0.2) is 47.6 Å². The van der Waals surface area contributed by atoms with E-state index in [-0.39, 0.29) is 22.4 Å². The van der Waals surface area contributed by atoms with E-state index in [0.717, 1.165) is 16.6 Å². The molecule has 0 unspecified atom stereocenters. The molecule has 27 heavy (non-hydrogen) atoms. The number of carbonyl (C=O) groups is 2. The Morgan fingerprint density at radius 1 is 1.19 bits per heavy atom. The standard InChI is InChI=1S/C20H22FN3O3/c1-20(2,3)16-8-6-5-7-15(16)19(26)24(4)22-12-14-10-9-13(11-17(14)21)18(25)23-27/h5-12,27H,1-4H3,(H,23,25). The van der Waals surface area contributed by atoms with Crippen molar-refractivity contribution in [1.29, 1.82) is 0 Å². The van der Waals surface area contributed by atoms with E-state index in [4.69, 9.17) is 5.21 Å². The first-order chi connectivity index (χ1) is 12.6. The fraction of sp³-hybridized carbons (Fsp3) is 0.250. The number of amides is 2. The number of hydrogen-bond donors (Lipinski definition) is 2. The van der Waals surface area contributed by atoms with E-state index in [1.165, 1.54) is 30.9 Å². The largest absolute Gasteiger partial charge is 0.288 e. The molecule has 0 radical (unpaired) electrons. The van der Waals surface area contributed by atoms with Crippen molar-refractivity contribution in [3.63, 3.8) is 0 Å². The van der Waals surface area contributed by atoms with Gasteiger partial charge in [-0.2, -0.15) is 5.10 Å². The van der Waals surface area contributed by atoms with Crippen LogP contribution in [0.25, 0.3) is 0 Å². The summed E-state index contributed by atoms with van der Waals surface area (Å²) in [5, 5.41) is 13.7. The second-order valence-corrected chi connectivity index (χ2v) is 7.05. The van der Waals surface area contributed by atoms with Crippen molar-refractivity contribution in [3.05, 3.63) is 70.5 Å². The molecule has 0 aliphatic carbocycles. The lowest BCUT2D eigenvalue weighted by molar-refractivity contribution is 0.0705. The SMILES string of the molecule is CN(N=Cc1ccc(C(=O)NO)cc1F)C(=O)c1ccccc1C(C)(C)C. The lowest BCUT2D eigenvalue weighted by Crippen LogP contribution is -2.26. The molecule has 2 aromatic rings. The number of hydrogen-bond acceptors (Lipinski definition) is 4. The molecule has 0 fully saturated rings. The number of benzene rings is 2. The van der Waals surface area contributed by atoms with Gasteiger partial charge < -0.3 is 0 Å². The molecule has 0 aliphatic rings. The van der Waals surface area contributed by atoms with E-state index in [9.17, 15) is 14.0 Å². The van der Waals surface area contributed by atoms with Gasteiger partial charge in [0.2, 0.25) is 0 Å². The summed E-state index contributed by atoms with van der Waals surface area (Å²) in [6, 6.07) is 10.9. The maximum Gasteiger partial charge on any atom is 0.274 e. The molecule has 0 aliphatic heterocycles. The summed E-state index contributed by atoms with van der Waals surface area (Å²) in [5.41, 5.74) is 2.71. The molecule has 0 bridgehead atoms. The van der Waals surface area contributed by atoms with Gasteiger partial charge >= 0.3 is 0 Å². The van der Waals surface area contributed by atoms with Crippen LogP contribution >= 0.6 is 0 Å². The van der Waals surface area contributed by atoms with Crippen molar-refractivity contribution in [2.75, 3.05) is 7.05 Å². The number of carbonyl (C=O) groups excluding carboxylic acids is 2. The fourth-order valence-electron chi connectivity index (χ4n) is 2.54. The number of rotatable bonds is 4. The first-order valence-corrected chi connectivity index (χ1v) is 8.30. The number of nitrogens with one attached hydrogen (secondary N) is 1. The molecule has 0 saturated carbocycles. The summed E-state index contributed by atoms with van der Waals surface area (Å²) < 4.78 is 14.1. The van der Waals surface area contributed by atoms with Gasteiger partial charge in [-0.3, -0.25) is 14.8 Å². The Morgan fingerprint density at radius 3 is 2.44 bits per heavy atom. The normalized spacial score (nSPS) is 11.5. The lowest BCUT2D eigenvalue weighted by Gasteiger charge is -2.23. The van der Waals surface area contributed by atoms with Crippen LogP contribution in [0.5, 0.6) is 0 Å². The van der Waals surface area contributed by atoms with Crippen molar-refractivity contribution in [2.45, 2.75) is 26.2 Å². The summed E-state index contributed by atoms with van der Waals surface area (Å²) in [7, 11) is 1.49. The van der Waals surface area contributed by atoms with Gasteiger partial charge in [-0.1, -0.05) is 39.0 Å². The summed E-state index contributed by atoms with van der Waals surface area (Å²) in [4.78, 5) is 24.0. The summed E-state index contributed by atoms with van der Waals surface area (Å²) in [6.07, 6.45) is 1.20. The molecule has 2 aromatic carbocycles. The molecule has 2 N–H and O–H groups in total. The van der Waals surface area contributed by atoms with Crippen molar-refractivity contribution >= 4 is 18.0 Å². The Morgan fingerprint density at radius 2 is 1.85 bits per heavy atom. The molecule has 6 nitrogen and oxygen atoms in total. The highest BCUT2D eigenvalue weighted by atomic mass is 19.1. The molecule has 0 heterocycles. The van der Waals surface area contributed by atoms with Crippen LogP contribution < -0.4 is 5.48 Å². The van der Waals surface area contributed by atoms with Gasteiger partial charge in [0, 0.05) is 23.7 Å². The molecule has 2 rings (SSSR count). The maximum absolute atomic E-state index is 14.1. The monoisotopic (exact) mass is 371 g/mol. The second kappa shape index (κ2) is 8.09. The number of hydroxylamine groups is 1. The first-order valence-electron chi connectivity index (χ1n) is 8.30. The Kier molecular flexibility index (Phi) is 6.07. The fourth-order valence-corrected chi connectivity index (χ4v) is 2.54. The molecular formula is C20H22FN3O3. The van der Waals surface area contributed by atoms with Gasteiger partial charge in [0.1, 0.15) is 5.82 Å². The van der Waals surface area contributed by atoms with Gasteiger partial charge in [-0.15, -0.1) is 0 Å². The van der Waals surface area contributed by atoms with E-state index < -0.39 is 11.7 Å². The van der Waals surface area contributed by atoms with Crippen LogP contribution in [0.4, 0.5) is 4.39 Å². The average molecular weight is 371 g/mol. The van der Waals surface area contributed by atoms with Gasteiger partial charge in [-0.25, -0.2) is 14.9 Å². The quantitative estimate of drug-likeness (QED) is 0.491. The molecule has 142 valence electrons. The molecule has 7 heteroatoms. The molecule has 0 spiro atoms. The van der Waals surface area contributed by atoms with E-state index in [1.807, 2.05) is 32.9 Å². The van der Waals surface area contributed by atoms with Gasteiger partial charge in [0.25, 0.3) is 11.8 Å². The van der Waals surface area contributed by atoms with E-state index in [2.05, 4.69) is 5.10 Å². The van der Waals surface area contributed by atoms with Crippen molar-refractivity contribution in [3.8, 4) is 0 Å². The third-order valence-corrected chi connectivity index (χ3v) is 3.99.